The van der Waals surface area contributed by atoms with Crippen molar-refractivity contribution in [3.63, 3.8) is 0 Å². The topological polar surface area (TPSA) is 118 Å². The van der Waals surface area contributed by atoms with Gasteiger partial charge in [-0.25, -0.2) is 23.1 Å². The summed E-state index contributed by atoms with van der Waals surface area (Å²) >= 11 is 6.45. The van der Waals surface area contributed by atoms with E-state index in [1.54, 1.807) is 18.6 Å². The van der Waals surface area contributed by atoms with Crippen LogP contribution in [-0.2, 0) is 14.8 Å². The smallest absolute Gasteiger partial charge is 0.208 e. The van der Waals surface area contributed by atoms with Gasteiger partial charge < -0.3 is 15.4 Å². The number of anilines is 2. The molecule has 2 aromatic rings. The van der Waals surface area contributed by atoms with Crippen LogP contribution in [0.4, 0.5) is 11.6 Å². The summed E-state index contributed by atoms with van der Waals surface area (Å²) < 4.78 is 31.0. The van der Waals surface area contributed by atoms with Crippen molar-refractivity contribution in [3.05, 3.63) is 29.7 Å². The Bertz CT molecular complexity index is 1040. The van der Waals surface area contributed by atoms with Gasteiger partial charge in [-0.15, -0.1) is 0 Å². The Morgan fingerprint density at radius 3 is 2.48 bits per heavy atom. The predicted octanol–water partition coefficient (Wildman–Crippen LogP) is 3.30. The summed E-state index contributed by atoms with van der Waals surface area (Å²) in [6.45, 7) is 2.47. The summed E-state index contributed by atoms with van der Waals surface area (Å²) in [6.07, 6.45) is 11.7. The molecule has 11 heteroatoms. The van der Waals surface area contributed by atoms with Crippen molar-refractivity contribution in [3.8, 4) is 11.3 Å². The van der Waals surface area contributed by atoms with Gasteiger partial charge in [0, 0.05) is 43.6 Å². The second-order valence-electron chi connectivity index (χ2n) is 8.86. The Balaban J connectivity index is 1.38. The third kappa shape index (κ3) is 7.23. The number of pyridine rings is 1. The summed E-state index contributed by atoms with van der Waals surface area (Å²) in [7, 11) is -3.18. The van der Waals surface area contributed by atoms with Crippen LogP contribution in [0.5, 0.6) is 0 Å². The summed E-state index contributed by atoms with van der Waals surface area (Å²) in [6, 6.07) is 2.12. The molecule has 180 valence electrons. The first-order chi connectivity index (χ1) is 15.9. The fraction of sp³-hybridized carbons (Fsp3) is 0.591. The van der Waals surface area contributed by atoms with Crippen LogP contribution in [-0.4, -0.2) is 61.5 Å². The maximum absolute atomic E-state index is 11.5. The third-order valence-electron chi connectivity index (χ3n) is 6.14. The second-order valence-corrected chi connectivity index (χ2v) is 11.0. The van der Waals surface area contributed by atoms with Crippen molar-refractivity contribution < 1.29 is 13.2 Å². The van der Waals surface area contributed by atoms with Gasteiger partial charge in [0.25, 0.3) is 0 Å². The lowest BCUT2D eigenvalue weighted by Crippen LogP contribution is -2.39. The normalized spacial score (nSPS) is 22.1. The predicted molar refractivity (Wildman–Crippen MR) is 130 cm³/mol. The zero-order valence-corrected chi connectivity index (χ0v) is 20.3. The molecule has 0 amide bonds. The summed E-state index contributed by atoms with van der Waals surface area (Å²) in [5.41, 5.74) is 1.45. The van der Waals surface area contributed by atoms with Gasteiger partial charge in [-0.1, -0.05) is 11.6 Å². The Hall–Kier alpha value is -2.01. The quantitative estimate of drug-likeness (QED) is 0.511. The van der Waals surface area contributed by atoms with Crippen molar-refractivity contribution in [2.75, 3.05) is 36.6 Å². The molecule has 3 heterocycles. The molecule has 0 bridgehead atoms. The Kier molecular flexibility index (Phi) is 8.00. The molecule has 1 aliphatic heterocycles. The van der Waals surface area contributed by atoms with E-state index in [0.29, 0.717) is 16.6 Å². The zero-order valence-electron chi connectivity index (χ0n) is 18.8. The summed E-state index contributed by atoms with van der Waals surface area (Å²) in [5.74, 6) is 2.02. The van der Waals surface area contributed by atoms with Gasteiger partial charge in [0.1, 0.15) is 11.6 Å². The average Bonchev–Trinajstić information content (AvgIpc) is 2.80. The van der Waals surface area contributed by atoms with Gasteiger partial charge in [-0.05, 0) is 50.5 Å². The standard InChI is InChI=1S/C22H31ClN6O3S/c1-33(30,31)29-17-4-2-16(3-5-17)27-21-10-18(19(23)12-26-21)20-13-24-14-22(28-20)25-11-15-6-8-32-9-7-15/h10,12-17,29H,2-9,11H2,1H3,(H,25,28)(H,26,27)/t16-,17-. The number of hydrogen-bond acceptors (Lipinski definition) is 8. The molecule has 4 rings (SSSR count). The molecular formula is C22H31ClN6O3S. The highest BCUT2D eigenvalue weighted by molar-refractivity contribution is 7.88. The molecule has 1 saturated heterocycles. The van der Waals surface area contributed by atoms with E-state index >= 15 is 0 Å². The minimum Gasteiger partial charge on any atom is -0.381 e. The number of ether oxygens (including phenoxy) is 1. The summed E-state index contributed by atoms with van der Waals surface area (Å²) in [4.78, 5) is 13.5. The first-order valence-electron chi connectivity index (χ1n) is 11.4. The van der Waals surface area contributed by atoms with Gasteiger partial charge in [0.2, 0.25) is 10.0 Å². The molecule has 2 fully saturated rings. The Morgan fingerprint density at radius 2 is 1.76 bits per heavy atom. The fourth-order valence-electron chi connectivity index (χ4n) is 4.36. The van der Waals surface area contributed by atoms with E-state index in [2.05, 4.69) is 25.3 Å². The molecule has 9 nitrogen and oxygen atoms in total. The van der Waals surface area contributed by atoms with Gasteiger partial charge in [0.15, 0.2) is 0 Å². The maximum atomic E-state index is 11.5. The lowest BCUT2D eigenvalue weighted by molar-refractivity contribution is 0.0699. The molecule has 3 N–H and O–H groups in total. The highest BCUT2D eigenvalue weighted by Gasteiger charge is 2.23. The van der Waals surface area contributed by atoms with Crippen molar-refractivity contribution >= 4 is 33.3 Å². The van der Waals surface area contributed by atoms with Gasteiger partial charge >= 0.3 is 0 Å². The van der Waals surface area contributed by atoms with E-state index in [1.165, 1.54) is 6.26 Å². The van der Waals surface area contributed by atoms with Crippen LogP contribution in [0.15, 0.2) is 24.7 Å². The molecule has 0 spiro atoms. The SMILES string of the molecule is CS(=O)(=O)N[C@H]1CC[C@H](Nc2cc(-c3cncc(NCC4CCOCC4)n3)c(Cl)cn2)CC1. The maximum Gasteiger partial charge on any atom is 0.208 e. The van der Waals surface area contributed by atoms with Crippen molar-refractivity contribution in [1.29, 1.82) is 0 Å². The lowest BCUT2D eigenvalue weighted by atomic mass is 9.92. The highest BCUT2D eigenvalue weighted by atomic mass is 35.5. The van der Waals surface area contributed by atoms with E-state index < -0.39 is 10.0 Å². The monoisotopic (exact) mass is 494 g/mol. The van der Waals surface area contributed by atoms with E-state index in [4.69, 9.17) is 21.3 Å². The number of rotatable bonds is 8. The van der Waals surface area contributed by atoms with Crippen LogP contribution < -0.4 is 15.4 Å². The van der Waals surface area contributed by atoms with E-state index in [-0.39, 0.29) is 12.1 Å². The van der Waals surface area contributed by atoms with E-state index in [9.17, 15) is 8.42 Å². The van der Waals surface area contributed by atoms with Crippen molar-refractivity contribution in [1.82, 2.24) is 19.7 Å². The Morgan fingerprint density at radius 1 is 1.03 bits per heavy atom. The second kappa shape index (κ2) is 10.9. The molecule has 1 saturated carbocycles. The van der Waals surface area contributed by atoms with Crippen LogP contribution in [0.1, 0.15) is 38.5 Å². The number of halogens is 1. The van der Waals surface area contributed by atoms with Crippen molar-refractivity contribution in [2.24, 2.45) is 5.92 Å². The molecule has 1 aliphatic carbocycles. The first-order valence-corrected chi connectivity index (χ1v) is 13.7. The van der Waals surface area contributed by atoms with E-state index in [0.717, 1.165) is 75.5 Å². The molecular weight excluding hydrogens is 464 g/mol. The molecule has 2 aromatic heterocycles. The van der Waals surface area contributed by atoms with Crippen LogP contribution in [0.25, 0.3) is 11.3 Å². The molecule has 2 aliphatic rings. The van der Waals surface area contributed by atoms with Gasteiger partial charge in [-0.3, -0.25) is 4.98 Å². The largest absolute Gasteiger partial charge is 0.381 e. The first kappa shape index (κ1) is 24.1. The number of nitrogens with one attached hydrogen (secondary N) is 3. The van der Waals surface area contributed by atoms with Gasteiger partial charge in [0.05, 0.1) is 29.4 Å². The third-order valence-corrected chi connectivity index (χ3v) is 7.20. The highest BCUT2D eigenvalue weighted by Crippen LogP contribution is 2.30. The van der Waals surface area contributed by atoms with Crippen molar-refractivity contribution in [2.45, 2.75) is 50.6 Å². The minimum absolute atomic E-state index is 0.00145. The fourth-order valence-corrected chi connectivity index (χ4v) is 5.40. The molecule has 0 unspecified atom stereocenters. The number of nitrogens with zero attached hydrogens (tertiary/aromatic N) is 3. The summed E-state index contributed by atoms with van der Waals surface area (Å²) in [5, 5.41) is 7.37. The average molecular weight is 495 g/mol. The molecule has 0 aromatic carbocycles. The number of aromatic nitrogens is 3. The number of sulfonamides is 1. The van der Waals surface area contributed by atoms with E-state index in [1.807, 2.05) is 6.07 Å². The Labute approximate surface area is 200 Å². The molecule has 33 heavy (non-hydrogen) atoms. The number of hydrogen-bond donors (Lipinski definition) is 3. The minimum atomic E-state index is -3.18. The van der Waals surface area contributed by atoms with Crippen LogP contribution in [0, 0.1) is 5.92 Å². The van der Waals surface area contributed by atoms with Crippen LogP contribution >= 0.6 is 11.6 Å². The van der Waals surface area contributed by atoms with Crippen LogP contribution in [0.2, 0.25) is 5.02 Å². The van der Waals surface area contributed by atoms with Gasteiger partial charge in [-0.2, -0.15) is 0 Å². The van der Waals surface area contributed by atoms with Crippen LogP contribution in [0.3, 0.4) is 0 Å². The molecule has 0 atom stereocenters. The lowest BCUT2D eigenvalue weighted by Gasteiger charge is -2.29. The molecule has 0 radical (unpaired) electrons. The zero-order chi connectivity index (χ0) is 23.3.